The number of hydrogen-bond acceptors (Lipinski definition) is 6. The topological polar surface area (TPSA) is 84.9 Å². The molecule has 2 aromatic rings. The molecular weight excluding hydrogens is 560 g/mol. The quantitative estimate of drug-likeness (QED) is 0.417. The molecule has 1 saturated carbocycles. The minimum absolute atomic E-state index is 0.0567. The third-order valence-electron chi connectivity index (χ3n) is 9.01. The van der Waals surface area contributed by atoms with E-state index >= 15 is 0 Å². The molecule has 1 amide bonds. The van der Waals surface area contributed by atoms with Crippen LogP contribution in [0.1, 0.15) is 56.6 Å². The summed E-state index contributed by atoms with van der Waals surface area (Å²) < 4.78 is 41.1. The Labute approximate surface area is 249 Å². The number of carbonyl (C=O) groups excluding carboxylic acids is 1. The van der Waals surface area contributed by atoms with Gasteiger partial charge in [-0.1, -0.05) is 36.7 Å². The van der Waals surface area contributed by atoms with Crippen molar-refractivity contribution >= 4 is 33.2 Å². The van der Waals surface area contributed by atoms with E-state index in [9.17, 15) is 13.2 Å². The van der Waals surface area contributed by atoms with Gasteiger partial charge in [-0.15, -0.1) is 0 Å². The van der Waals surface area contributed by atoms with Crippen molar-refractivity contribution in [2.75, 3.05) is 31.7 Å². The van der Waals surface area contributed by atoms with E-state index in [0.29, 0.717) is 35.6 Å². The van der Waals surface area contributed by atoms with Crippen LogP contribution in [0.25, 0.3) is 0 Å². The third-order valence-corrected chi connectivity index (χ3v) is 10.6. The lowest BCUT2D eigenvalue weighted by molar-refractivity contribution is -0.126. The lowest BCUT2D eigenvalue weighted by Gasteiger charge is -2.41. The molecule has 2 aliphatic heterocycles. The van der Waals surface area contributed by atoms with Gasteiger partial charge in [0, 0.05) is 25.2 Å². The fourth-order valence-corrected chi connectivity index (χ4v) is 7.49. The second kappa shape index (κ2) is 13.2. The van der Waals surface area contributed by atoms with Crippen molar-refractivity contribution < 1.29 is 22.7 Å². The predicted octanol–water partition coefficient (Wildman–Crippen LogP) is 6.14. The fraction of sp³-hybridized carbons (Fsp3) is 0.531. The normalized spacial score (nSPS) is 27.6. The van der Waals surface area contributed by atoms with Crippen LogP contribution < -0.4 is 14.4 Å². The zero-order valence-electron chi connectivity index (χ0n) is 24.0. The van der Waals surface area contributed by atoms with Gasteiger partial charge in [0.1, 0.15) is 12.4 Å². The summed E-state index contributed by atoms with van der Waals surface area (Å²) in [4.78, 5) is 15.6. The summed E-state index contributed by atoms with van der Waals surface area (Å²) in [6.45, 7) is 4.11. The third kappa shape index (κ3) is 7.09. The summed E-state index contributed by atoms with van der Waals surface area (Å²) in [6, 6.07) is 10.9. The molecule has 2 aromatic carbocycles. The van der Waals surface area contributed by atoms with Gasteiger partial charge in [-0.25, -0.2) is 13.1 Å². The largest absolute Gasteiger partial charge is 0.487 e. The zero-order valence-corrected chi connectivity index (χ0v) is 25.6. The number of methoxy groups -OCH3 is 1. The molecule has 7 nitrogen and oxygen atoms in total. The Balaban J connectivity index is 1.54. The van der Waals surface area contributed by atoms with Crippen LogP contribution in [0.5, 0.6) is 5.75 Å². The molecule has 0 radical (unpaired) electrons. The maximum Gasteiger partial charge on any atom is 0.264 e. The summed E-state index contributed by atoms with van der Waals surface area (Å²) in [5, 5.41) is 0.716. The van der Waals surface area contributed by atoms with Crippen molar-refractivity contribution in [2.45, 2.75) is 63.4 Å². The minimum atomic E-state index is -4.11. The molecule has 0 spiro atoms. The number of amides is 1. The molecule has 1 fully saturated rings. The van der Waals surface area contributed by atoms with Crippen LogP contribution in [-0.4, -0.2) is 41.1 Å². The number of allylic oxidation sites excluding steroid dienone is 2. The highest BCUT2D eigenvalue weighted by Gasteiger charge is 2.34. The lowest BCUT2D eigenvalue weighted by Crippen LogP contribution is -2.40. The van der Waals surface area contributed by atoms with Crippen LogP contribution in [0, 0.1) is 23.7 Å². The van der Waals surface area contributed by atoms with Gasteiger partial charge in [-0.3, -0.25) is 4.79 Å². The van der Waals surface area contributed by atoms with E-state index in [0.717, 1.165) is 56.4 Å². The number of carbonyl (C=O) groups is 1. The monoisotopic (exact) mass is 600 g/mol. The second-order valence-electron chi connectivity index (χ2n) is 11.8. The number of nitrogens with zero attached hydrogens (tertiary/aromatic N) is 1. The summed E-state index contributed by atoms with van der Waals surface area (Å²) in [7, 11) is -2.58. The maximum atomic E-state index is 13.5. The molecule has 0 aromatic heterocycles. The molecular formula is C32H41ClN2O5S. The highest BCUT2D eigenvalue weighted by atomic mass is 35.5. The van der Waals surface area contributed by atoms with Gasteiger partial charge in [0.05, 0.1) is 23.1 Å². The first-order valence-electron chi connectivity index (χ1n) is 14.7. The van der Waals surface area contributed by atoms with Gasteiger partial charge in [0.2, 0.25) is 5.91 Å². The Hall–Kier alpha value is -2.55. The number of hydrogen-bond donors (Lipinski definition) is 1. The average molecular weight is 601 g/mol. The molecule has 222 valence electrons. The van der Waals surface area contributed by atoms with Crippen LogP contribution in [0.15, 0.2) is 53.4 Å². The standard InChI is InChI=1S/C32H41ClN2O5S/c1-22-7-3-4-8-23-10-11-25(23)19-35-16-6-5-9-24-17-27(33)13-12-26(24)20-40-31-15-14-28(18-30(31)35)41(37,38)34-32(36)29(22)21-39-2/h3-4,12-15,17-18,22-23,25,29H,5-11,16,19-21H2,1-2H3,(H,34,36)/b4-3+/t22-,23+,25-,29+/m0/s1. The Kier molecular flexibility index (Phi) is 9.62. The van der Waals surface area contributed by atoms with Crippen molar-refractivity contribution in [1.82, 2.24) is 4.72 Å². The molecule has 5 rings (SSSR count). The number of aryl methyl sites for hydroxylation is 1. The van der Waals surface area contributed by atoms with Crippen molar-refractivity contribution in [3.05, 3.63) is 64.7 Å². The summed E-state index contributed by atoms with van der Waals surface area (Å²) >= 11 is 6.31. The maximum absolute atomic E-state index is 13.5. The number of ether oxygens (including phenoxy) is 2. The number of sulfonamides is 1. The first-order valence-corrected chi connectivity index (χ1v) is 16.6. The molecule has 3 aliphatic rings. The minimum Gasteiger partial charge on any atom is -0.487 e. The van der Waals surface area contributed by atoms with Crippen LogP contribution in [-0.2, 0) is 32.6 Å². The van der Waals surface area contributed by atoms with E-state index in [2.05, 4.69) is 21.8 Å². The van der Waals surface area contributed by atoms with E-state index < -0.39 is 21.8 Å². The Morgan fingerprint density at radius 3 is 2.63 bits per heavy atom. The molecule has 0 saturated heterocycles. The number of anilines is 1. The van der Waals surface area contributed by atoms with Gasteiger partial charge < -0.3 is 14.4 Å². The first kappa shape index (κ1) is 29.9. The Morgan fingerprint density at radius 1 is 1.05 bits per heavy atom. The molecule has 2 bridgehead atoms. The highest BCUT2D eigenvalue weighted by molar-refractivity contribution is 7.90. The van der Waals surface area contributed by atoms with E-state index in [-0.39, 0.29) is 17.4 Å². The summed E-state index contributed by atoms with van der Waals surface area (Å²) in [5.41, 5.74) is 3.02. The number of rotatable bonds is 2. The molecule has 0 unspecified atom stereocenters. The zero-order chi connectivity index (χ0) is 29.0. The van der Waals surface area contributed by atoms with Gasteiger partial charge in [-0.05, 0) is 104 Å². The highest BCUT2D eigenvalue weighted by Crippen LogP contribution is 2.41. The first-order chi connectivity index (χ1) is 19.7. The van der Waals surface area contributed by atoms with Gasteiger partial charge in [0.25, 0.3) is 10.0 Å². The van der Waals surface area contributed by atoms with Crippen molar-refractivity contribution in [1.29, 1.82) is 0 Å². The smallest absolute Gasteiger partial charge is 0.264 e. The number of fused-ring (bicyclic) bond motifs is 3. The van der Waals surface area contributed by atoms with E-state index in [1.807, 2.05) is 25.1 Å². The number of halogens is 1. The van der Waals surface area contributed by atoms with E-state index in [4.69, 9.17) is 21.1 Å². The molecule has 2 heterocycles. The molecule has 4 atom stereocenters. The van der Waals surface area contributed by atoms with E-state index in [1.54, 1.807) is 12.1 Å². The van der Waals surface area contributed by atoms with Crippen molar-refractivity contribution in [3.8, 4) is 5.75 Å². The van der Waals surface area contributed by atoms with Crippen molar-refractivity contribution in [3.63, 3.8) is 0 Å². The van der Waals surface area contributed by atoms with Gasteiger partial charge >= 0.3 is 0 Å². The Morgan fingerprint density at radius 2 is 1.85 bits per heavy atom. The number of benzene rings is 2. The molecule has 41 heavy (non-hydrogen) atoms. The van der Waals surface area contributed by atoms with Crippen molar-refractivity contribution in [2.24, 2.45) is 23.7 Å². The molecule has 1 aliphatic carbocycles. The van der Waals surface area contributed by atoms with E-state index in [1.165, 1.54) is 25.2 Å². The summed E-state index contributed by atoms with van der Waals surface area (Å²) in [5.74, 6) is 0.561. The molecule has 9 heteroatoms. The lowest BCUT2D eigenvalue weighted by atomic mass is 9.71. The SMILES string of the molecule is COC[C@H]1C(=O)NS(=O)(=O)c2ccc3c(c2)N(CCCCc2cc(Cl)ccc2CO3)C[C@@H]2CC[C@H]2C/C=C/C[C@@H]1C. The average Bonchev–Trinajstić information content (AvgIpc) is 2.96. The van der Waals surface area contributed by atoms with Gasteiger partial charge in [-0.2, -0.15) is 0 Å². The second-order valence-corrected chi connectivity index (χ2v) is 13.9. The molecule has 1 N–H and O–H groups in total. The fourth-order valence-electron chi connectivity index (χ4n) is 6.25. The predicted molar refractivity (Wildman–Crippen MR) is 162 cm³/mol. The van der Waals surface area contributed by atoms with Crippen LogP contribution >= 0.6 is 11.6 Å². The Bertz CT molecular complexity index is 1380. The van der Waals surface area contributed by atoms with Crippen LogP contribution in [0.4, 0.5) is 5.69 Å². The van der Waals surface area contributed by atoms with Gasteiger partial charge in [0.15, 0.2) is 0 Å². The number of nitrogens with one attached hydrogen (secondary N) is 1. The van der Waals surface area contributed by atoms with Crippen LogP contribution in [0.2, 0.25) is 5.02 Å². The van der Waals surface area contributed by atoms with Crippen LogP contribution in [0.3, 0.4) is 0 Å². The summed E-state index contributed by atoms with van der Waals surface area (Å²) in [6.07, 6.45) is 11.3.